The van der Waals surface area contributed by atoms with Gasteiger partial charge in [-0.15, -0.1) is 0 Å². The Morgan fingerprint density at radius 2 is 1.91 bits per heavy atom. The zero-order valence-corrected chi connectivity index (χ0v) is 6.75. The van der Waals surface area contributed by atoms with Crippen LogP contribution in [0.2, 0.25) is 0 Å². The first-order chi connectivity index (χ1) is 5.36. The lowest BCUT2D eigenvalue weighted by molar-refractivity contribution is 0.251. The van der Waals surface area contributed by atoms with Gasteiger partial charge in [-0.05, 0) is 25.8 Å². The van der Waals surface area contributed by atoms with Crippen molar-refractivity contribution in [3.8, 4) is 12.1 Å². The molecule has 0 aromatic carbocycles. The van der Waals surface area contributed by atoms with Crippen LogP contribution < -0.4 is 5.73 Å². The lowest BCUT2D eigenvalue weighted by Gasteiger charge is -2.27. The first-order valence-electron chi connectivity index (χ1n) is 3.71. The van der Waals surface area contributed by atoms with Crippen molar-refractivity contribution < 1.29 is 0 Å². The summed E-state index contributed by atoms with van der Waals surface area (Å²) in [7, 11) is 1.50. The fraction of sp³-hybridized carbons (Fsp3) is 0.750. The summed E-state index contributed by atoms with van der Waals surface area (Å²) in [5, 5.41) is 16.6. The summed E-state index contributed by atoms with van der Waals surface area (Å²) in [5.74, 6) is 0.781. The van der Waals surface area contributed by atoms with Gasteiger partial charge in [0.25, 0.3) is 0 Å². The zero-order chi connectivity index (χ0) is 8.69. The molecule has 11 heavy (non-hydrogen) atoms. The van der Waals surface area contributed by atoms with Gasteiger partial charge in [0.05, 0.1) is 12.1 Å². The lowest BCUT2D eigenvalue weighted by Crippen LogP contribution is -2.21. The van der Waals surface area contributed by atoms with E-state index in [2.05, 4.69) is 17.9 Å². The molecule has 1 rings (SSSR count). The molecule has 0 radical (unpaired) electrons. The van der Waals surface area contributed by atoms with E-state index in [0.717, 1.165) is 12.8 Å². The molecule has 3 heteroatoms. The Morgan fingerprint density at radius 3 is 2.27 bits per heavy atom. The van der Waals surface area contributed by atoms with Crippen molar-refractivity contribution in [3.05, 3.63) is 0 Å². The number of nitrogens with zero attached hydrogens (tertiary/aromatic N) is 2. The number of nitrogens with two attached hydrogens (primary N) is 1. The predicted octanol–water partition coefficient (Wildman–Crippen LogP) is 1.02. The Labute approximate surface area is 67.4 Å². The van der Waals surface area contributed by atoms with Crippen molar-refractivity contribution in [2.45, 2.75) is 19.3 Å². The summed E-state index contributed by atoms with van der Waals surface area (Å²) in [6.07, 6.45) is 2.53. The van der Waals surface area contributed by atoms with Crippen LogP contribution in [0.3, 0.4) is 0 Å². The first kappa shape index (κ1) is 9.94. The van der Waals surface area contributed by atoms with Gasteiger partial charge in [0.1, 0.15) is 0 Å². The fourth-order valence-electron chi connectivity index (χ4n) is 1.14. The molecule has 60 valence electrons. The minimum Gasteiger partial charge on any atom is -0.333 e. The minimum atomic E-state index is 0.253. The molecule has 1 aliphatic carbocycles. The number of nitriles is 2. The van der Waals surface area contributed by atoms with Crippen molar-refractivity contribution in [1.29, 1.82) is 10.5 Å². The van der Waals surface area contributed by atoms with Crippen LogP contribution in [0.5, 0.6) is 0 Å². The van der Waals surface area contributed by atoms with Crippen LogP contribution in [-0.4, -0.2) is 7.05 Å². The maximum absolute atomic E-state index is 8.34. The smallest absolute Gasteiger partial charge is 0.0656 e. The van der Waals surface area contributed by atoms with E-state index >= 15 is 0 Å². The van der Waals surface area contributed by atoms with E-state index in [1.807, 2.05) is 0 Å². The predicted molar refractivity (Wildman–Crippen MR) is 42.2 cm³/mol. The van der Waals surface area contributed by atoms with Gasteiger partial charge in [-0.25, -0.2) is 0 Å². The molecule has 0 aromatic heterocycles. The van der Waals surface area contributed by atoms with Crippen molar-refractivity contribution in [2.75, 3.05) is 7.05 Å². The molecule has 0 unspecified atom stereocenters. The normalized spacial score (nSPS) is 26.5. The van der Waals surface area contributed by atoms with Gasteiger partial charge in [-0.2, -0.15) is 10.5 Å². The summed E-state index contributed by atoms with van der Waals surface area (Å²) < 4.78 is 0. The van der Waals surface area contributed by atoms with Crippen LogP contribution in [0, 0.1) is 34.5 Å². The number of rotatable bonds is 1. The van der Waals surface area contributed by atoms with E-state index < -0.39 is 0 Å². The maximum Gasteiger partial charge on any atom is 0.0656 e. The van der Waals surface area contributed by atoms with E-state index in [9.17, 15) is 0 Å². The van der Waals surface area contributed by atoms with Gasteiger partial charge in [-0.3, -0.25) is 0 Å². The summed E-state index contributed by atoms with van der Waals surface area (Å²) in [4.78, 5) is 0. The quantitative estimate of drug-likeness (QED) is 0.608. The van der Waals surface area contributed by atoms with Gasteiger partial charge < -0.3 is 5.73 Å². The molecule has 0 aromatic rings. The Morgan fingerprint density at radius 1 is 1.36 bits per heavy atom. The Kier molecular flexibility index (Phi) is 5.15. The molecule has 0 heterocycles. The third-order valence-corrected chi connectivity index (χ3v) is 1.80. The van der Waals surface area contributed by atoms with Crippen LogP contribution in [0.15, 0.2) is 0 Å². The molecular formula is C8H13N3. The molecule has 0 bridgehead atoms. The molecule has 0 amide bonds. The highest BCUT2D eigenvalue weighted by molar-refractivity contribution is 4.96. The summed E-state index contributed by atoms with van der Waals surface area (Å²) in [5.41, 5.74) is 4.50. The lowest BCUT2D eigenvalue weighted by atomic mass is 9.74. The second kappa shape index (κ2) is 5.70. The van der Waals surface area contributed by atoms with Gasteiger partial charge in [0.2, 0.25) is 0 Å². The van der Waals surface area contributed by atoms with Crippen molar-refractivity contribution >= 4 is 0 Å². The second-order valence-electron chi connectivity index (χ2n) is 2.53. The molecule has 0 aliphatic heterocycles. The molecular weight excluding hydrogens is 138 g/mol. The van der Waals surface area contributed by atoms with Crippen LogP contribution in [0.1, 0.15) is 19.3 Å². The standard InChI is InChI=1S/C7H8N2.CH5N/c8-2-1-6-3-7(4-6)5-9;1-2/h6-7H,1,3-4H2;2H2,1H3. The summed E-state index contributed by atoms with van der Waals surface area (Å²) >= 11 is 0. The molecule has 2 N–H and O–H groups in total. The molecule has 0 atom stereocenters. The third-order valence-electron chi connectivity index (χ3n) is 1.80. The number of hydrogen-bond donors (Lipinski definition) is 1. The van der Waals surface area contributed by atoms with E-state index in [4.69, 9.17) is 10.5 Å². The average molecular weight is 151 g/mol. The van der Waals surface area contributed by atoms with Gasteiger partial charge in [0, 0.05) is 12.3 Å². The highest BCUT2D eigenvalue weighted by Gasteiger charge is 2.28. The Balaban J connectivity index is 0.000000461. The topological polar surface area (TPSA) is 73.6 Å². The van der Waals surface area contributed by atoms with Gasteiger partial charge >= 0.3 is 0 Å². The van der Waals surface area contributed by atoms with E-state index in [1.54, 1.807) is 0 Å². The van der Waals surface area contributed by atoms with E-state index in [0.29, 0.717) is 12.3 Å². The molecule has 1 fully saturated rings. The van der Waals surface area contributed by atoms with Crippen molar-refractivity contribution in [2.24, 2.45) is 17.6 Å². The minimum absolute atomic E-state index is 0.253. The zero-order valence-electron chi connectivity index (χ0n) is 6.75. The highest BCUT2D eigenvalue weighted by atomic mass is 14.4. The van der Waals surface area contributed by atoms with E-state index in [-0.39, 0.29) is 5.92 Å². The third kappa shape index (κ3) is 3.02. The van der Waals surface area contributed by atoms with Gasteiger partial charge in [0.15, 0.2) is 0 Å². The fourth-order valence-corrected chi connectivity index (χ4v) is 1.14. The average Bonchev–Trinajstić information content (AvgIpc) is 2.00. The number of hydrogen-bond acceptors (Lipinski definition) is 3. The van der Waals surface area contributed by atoms with Crippen LogP contribution in [-0.2, 0) is 0 Å². The molecule has 1 aliphatic rings. The van der Waals surface area contributed by atoms with Crippen LogP contribution in [0.4, 0.5) is 0 Å². The van der Waals surface area contributed by atoms with Crippen molar-refractivity contribution in [1.82, 2.24) is 0 Å². The van der Waals surface area contributed by atoms with Gasteiger partial charge in [-0.1, -0.05) is 0 Å². The SMILES string of the molecule is CN.N#CCC1CC(C#N)C1. The Hall–Kier alpha value is -1.06. The monoisotopic (exact) mass is 151 g/mol. The van der Waals surface area contributed by atoms with Crippen LogP contribution >= 0.6 is 0 Å². The molecule has 1 saturated carbocycles. The Bertz CT molecular complexity index is 169. The first-order valence-corrected chi connectivity index (χ1v) is 3.71. The molecule has 3 nitrogen and oxygen atoms in total. The maximum atomic E-state index is 8.34. The largest absolute Gasteiger partial charge is 0.333 e. The molecule has 0 saturated heterocycles. The second-order valence-corrected chi connectivity index (χ2v) is 2.53. The summed E-state index contributed by atoms with van der Waals surface area (Å²) in [6, 6.07) is 4.29. The van der Waals surface area contributed by atoms with E-state index in [1.165, 1.54) is 7.05 Å². The van der Waals surface area contributed by atoms with Crippen molar-refractivity contribution in [3.63, 3.8) is 0 Å². The van der Waals surface area contributed by atoms with Crippen LogP contribution in [0.25, 0.3) is 0 Å². The summed E-state index contributed by atoms with van der Waals surface area (Å²) in [6.45, 7) is 0. The molecule has 0 spiro atoms. The highest BCUT2D eigenvalue weighted by Crippen LogP contribution is 2.34.